The minimum Gasteiger partial charge on any atom is -0.411 e. The summed E-state index contributed by atoms with van der Waals surface area (Å²) in [7, 11) is 0. The zero-order valence-electron chi connectivity index (χ0n) is 6.26. The zero-order valence-corrected chi connectivity index (χ0v) is 6.26. The van der Waals surface area contributed by atoms with Crippen molar-refractivity contribution in [2.75, 3.05) is 0 Å². The molecule has 0 heterocycles. The van der Waals surface area contributed by atoms with Gasteiger partial charge >= 0.3 is 0 Å². The van der Waals surface area contributed by atoms with E-state index in [2.05, 4.69) is 5.16 Å². The Labute approximate surface area is 60.6 Å². The molecule has 0 bridgehead atoms. The maximum atomic E-state index is 8.50. The standard InChI is InChI=1S/C8H11NO/c1-6-4-3-5-8(9-10)7(6)2/h3-4,10H,5H2,1-2H3. The Kier molecular flexibility index (Phi) is 1.90. The van der Waals surface area contributed by atoms with Gasteiger partial charge in [-0.2, -0.15) is 0 Å². The highest BCUT2D eigenvalue weighted by atomic mass is 16.4. The van der Waals surface area contributed by atoms with Gasteiger partial charge in [-0.25, -0.2) is 0 Å². The Bertz CT molecular complexity index is 223. The zero-order chi connectivity index (χ0) is 7.56. The summed E-state index contributed by atoms with van der Waals surface area (Å²) < 4.78 is 0. The van der Waals surface area contributed by atoms with Crippen molar-refractivity contribution >= 4 is 5.71 Å². The molecule has 0 aromatic carbocycles. The van der Waals surface area contributed by atoms with Crippen molar-refractivity contribution in [3.8, 4) is 0 Å². The van der Waals surface area contributed by atoms with Crippen LogP contribution in [-0.2, 0) is 0 Å². The van der Waals surface area contributed by atoms with E-state index in [0.29, 0.717) is 0 Å². The fourth-order valence-corrected chi connectivity index (χ4v) is 0.969. The van der Waals surface area contributed by atoms with Crippen molar-refractivity contribution in [2.24, 2.45) is 5.16 Å². The Hall–Kier alpha value is -1.05. The number of oxime groups is 1. The van der Waals surface area contributed by atoms with E-state index in [4.69, 9.17) is 5.21 Å². The van der Waals surface area contributed by atoms with E-state index < -0.39 is 0 Å². The van der Waals surface area contributed by atoms with Gasteiger partial charge in [0.2, 0.25) is 0 Å². The molecular formula is C8H11NO. The smallest absolute Gasteiger partial charge is 0.0865 e. The van der Waals surface area contributed by atoms with E-state index in [0.717, 1.165) is 17.7 Å². The highest BCUT2D eigenvalue weighted by molar-refractivity contribution is 6.02. The molecule has 0 saturated carbocycles. The van der Waals surface area contributed by atoms with Crippen molar-refractivity contribution in [3.63, 3.8) is 0 Å². The van der Waals surface area contributed by atoms with Crippen LogP contribution in [0.15, 0.2) is 28.5 Å². The predicted octanol–water partition coefficient (Wildman–Crippen LogP) is 2.11. The van der Waals surface area contributed by atoms with E-state index in [-0.39, 0.29) is 0 Å². The summed E-state index contributed by atoms with van der Waals surface area (Å²) in [5, 5.41) is 11.7. The monoisotopic (exact) mass is 137 g/mol. The molecule has 10 heavy (non-hydrogen) atoms. The molecule has 2 nitrogen and oxygen atoms in total. The molecule has 54 valence electrons. The Morgan fingerprint density at radius 2 is 2.20 bits per heavy atom. The Morgan fingerprint density at radius 1 is 1.50 bits per heavy atom. The van der Waals surface area contributed by atoms with E-state index in [1.54, 1.807) is 0 Å². The minimum atomic E-state index is 0.750. The molecule has 0 fully saturated rings. The molecule has 0 spiro atoms. The SMILES string of the molecule is CC1=C(C)C(=NO)CC=C1. The molecule has 0 radical (unpaired) electrons. The number of allylic oxidation sites excluding steroid dienone is 4. The topological polar surface area (TPSA) is 32.6 Å². The molecule has 1 rings (SSSR count). The lowest BCUT2D eigenvalue weighted by Gasteiger charge is -2.08. The van der Waals surface area contributed by atoms with E-state index in [9.17, 15) is 0 Å². The molecule has 0 aliphatic heterocycles. The van der Waals surface area contributed by atoms with Crippen LogP contribution in [0.1, 0.15) is 20.3 Å². The second-order valence-electron chi connectivity index (χ2n) is 2.46. The van der Waals surface area contributed by atoms with E-state index >= 15 is 0 Å². The van der Waals surface area contributed by atoms with Gasteiger partial charge in [-0.15, -0.1) is 0 Å². The molecule has 0 atom stereocenters. The normalized spacial score (nSPS) is 22.4. The van der Waals surface area contributed by atoms with Crippen molar-refractivity contribution in [2.45, 2.75) is 20.3 Å². The lowest BCUT2D eigenvalue weighted by Crippen LogP contribution is -2.04. The van der Waals surface area contributed by atoms with Gasteiger partial charge < -0.3 is 5.21 Å². The summed E-state index contributed by atoms with van der Waals surface area (Å²) in [6, 6.07) is 0. The first-order valence-electron chi connectivity index (χ1n) is 3.31. The van der Waals surface area contributed by atoms with Crippen molar-refractivity contribution in [1.29, 1.82) is 0 Å². The third-order valence-corrected chi connectivity index (χ3v) is 1.82. The van der Waals surface area contributed by atoms with Crippen LogP contribution in [0.5, 0.6) is 0 Å². The minimum absolute atomic E-state index is 0.750. The third kappa shape index (κ3) is 1.10. The van der Waals surface area contributed by atoms with Crippen molar-refractivity contribution in [3.05, 3.63) is 23.3 Å². The maximum absolute atomic E-state index is 8.50. The lowest BCUT2D eigenvalue weighted by atomic mass is 9.98. The van der Waals surface area contributed by atoms with Crippen LogP contribution < -0.4 is 0 Å². The van der Waals surface area contributed by atoms with Crippen LogP contribution in [0.4, 0.5) is 0 Å². The highest BCUT2D eigenvalue weighted by Gasteiger charge is 2.06. The van der Waals surface area contributed by atoms with Crippen LogP contribution in [-0.4, -0.2) is 10.9 Å². The van der Waals surface area contributed by atoms with Gasteiger partial charge in [0.1, 0.15) is 0 Å². The molecular weight excluding hydrogens is 126 g/mol. The predicted molar refractivity (Wildman–Crippen MR) is 41.4 cm³/mol. The molecule has 1 N–H and O–H groups in total. The van der Waals surface area contributed by atoms with Crippen LogP contribution in [0.2, 0.25) is 0 Å². The average Bonchev–Trinajstić information content (AvgIpc) is 1.95. The Morgan fingerprint density at radius 3 is 2.70 bits per heavy atom. The maximum Gasteiger partial charge on any atom is 0.0865 e. The average molecular weight is 137 g/mol. The molecule has 1 aliphatic carbocycles. The summed E-state index contributed by atoms with van der Waals surface area (Å²) in [6.07, 6.45) is 4.79. The summed E-state index contributed by atoms with van der Waals surface area (Å²) in [4.78, 5) is 0. The van der Waals surface area contributed by atoms with Gasteiger partial charge in [0, 0.05) is 6.42 Å². The van der Waals surface area contributed by atoms with Crippen LogP contribution in [0.3, 0.4) is 0 Å². The quantitative estimate of drug-likeness (QED) is 0.402. The van der Waals surface area contributed by atoms with Gasteiger partial charge in [-0.05, 0) is 25.0 Å². The van der Waals surface area contributed by atoms with Crippen LogP contribution >= 0.6 is 0 Å². The molecule has 0 amide bonds. The number of hydrogen-bond donors (Lipinski definition) is 1. The molecule has 0 aromatic rings. The fraction of sp³-hybridized carbons (Fsp3) is 0.375. The number of nitrogens with zero attached hydrogens (tertiary/aromatic N) is 1. The van der Waals surface area contributed by atoms with Gasteiger partial charge in [0.05, 0.1) is 5.71 Å². The first kappa shape index (κ1) is 7.06. The van der Waals surface area contributed by atoms with Gasteiger partial charge in [0.15, 0.2) is 0 Å². The second kappa shape index (κ2) is 2.69. The fourth-order valence-electron chi connectivity index (χ4n) is 0.969. The summed E-state index contributed by atoms with van der Waals surface area (Å²) in [6.45, 7) is 3.98. The molecule has 1 aliphatic rings. The largest absolute Gasteiger partial charge is 0.411 e. The third-order valence-electron chi connectivity index (χ3n) is 1.82. The van der Waals surface area contributed by atoms with Gasteiger partial charge in [0.25, 0.3) is 0 Å². The van der Waals surface area contributed by atoms with E-state index in [1.807, 2.05) is 26.0 Å². The first-order valence-corrected chi connectivity index (χ1v) is 3.31. The van der Waals surface area contributed by atoms with Crippen molar-refractivity contribution < 1.29 is 5.21 Å². The Balaban J connectivity index is 2.99. The summed E-state index contributed by atoms with van der Waals surface area (Å²) in [5.74, 6) is 0. The van der Waals surface area contributed by atoms with Gasteiger partial charge in [-0.3, -0.25) is 0 Å². The lowest BCUT2D eigenvalue weighted by molar-refractivity contribution is 0.318. The first-order chi connectivity index (χ1) is 4.75. The summed E-state index contributed by atoms with van der Waals surface area (Å²) in [5.41, 5.74) is 3.05. The molecule has 0 aromatic heterocycles. The highest BCUT2D eigenvalue weighted by Crippen LogP contribution is 2.15. The van der Waals surface area contributed by atoms with Crippen LogP contribution in [0.25, 0.3) is 0 Å². The number of rotatable bonds is 0. The van der Waals surface area contributed by atoms with E-state index in [1.165, 1.54) is 5.57 Å². The number of hydrogen-bond acceptors (Lipinski definition) is 2. The molecule has 2 heteroatoms. The second-order valence-corrected chi connectivity index (χ2v) is 2.46. The molecule has 0 unspecified atom stereocenters. The van der Waals surface area contributed by atoms with Crippen LogP contribution in [0, 0.1) is 0 Å². The van der Waals surface area contributed by atoms with Gasteiger partial charge in [-0.1, -0.05) is 17.3 Å². The summed E-state index contributed by atoms with van der Waals surface area (Å²) >= 11 is 0. The molecule has 0 saturated heterocycles. The van der Waals surface area contributed by atoms with Crippen molar-refractivity contribution in [1.82, 2.24) is 0 Å².